The van der Waals surface area contributed by atoms with Crippen LogP contribution in [-0.2, 0) is 0 Å². The number of rotatable bonds is 4. The van der Waals surface area contributed by atoms with Crippen LogP contribution in [0.3, 0.4) is 0 Å². The Morgan fingerprint density at radius 2 is 1.93 bits per heavy atom. The van der Waals surface area contributed by atoms with Crippen LogP contribution < -0.4 is 5.73 Å². The largest absolute Gasteiger partial charge is 0.319 e. The van der Waals surface area contributed by atoms with E-state index >= 15 is 0 Å². The van der Waals surface area contributed by atoms with Crippen LogP contribution in [-0.4, -0.2) is 12.5 Å². The van der Waals surface area contributed by atoms with Crippen LogP contribution in [0.4, 0.5) is 13.2 Å². The first-order valence-electron chi connectivity index (χ1n) is 3.59. The zero-order valence-electron chi connectivity index (χ0n) is 7.30. The third-order valence-electron chi connectivity index (χ3n) is 1.42. The van der Waals surface area contributed by atoms with Crippen molar-refractivity contribution in [1.29, 1.82) is 5.26 Å². The molecule has 5 heteroatoms. The molecule has 0 spiro atoms. The molecule has 0 heterocycles. The molecule has 0 aliphatic rings. The van der Waals surface area contributed by atoms with Crippen LogP contribution in [0.2, 0.25) is 0 Å². The maximum absolute atomic E-state index is 12.6. The Hall–Kier alpha value is -1.54. The van der Waals surface area contributed by atoms with Crippen LogP contribution >= 0.6 is 0 Å². The second-order valence-electron chi connectivity index (χ2n) is 2.50. The summed E-state index contributed by atoms with van der Waals surface area (Å²) in [5, 5.41) is 8.31. The van der Waals surface area contributed by atoms with Crippen molar-refractivity contribution in [2.75, 3.05) is 0 Å². The van der Waals surface area contributed by atoms with Crippen molar-refractivity contribution in [2.45, 2.75) is 12.5 Å². The lowest BCUT2D eigenvalue weighted by atomic mass is 10.1. The summed E-state index contributed by atoms with van der Waals surface area (Å²) in [4.78, 5) is 0. The van der Waals surface area contributed by atoms with E-state index in [1.54, 1.807) is 6.07 Å². The standard InChI is InChI=1S/C9H9F3N2/c1-5(4-13)3-7(6(2)10)8(14)9(11)12/h3,8-9H,1-2,14H2/b7-3+. The van der Waals surface area contributed by atoms with E-state index in [9.17, 15) is 13.2 Å². The van der Waals surface area contributed by atoms with Crippen molar-refractivity contribution in [3.63, 3.8) is 0 Å². The van der Waals surface area contributed by atoms with Crippen molar-refractivity contribution < 1.29 is 13.2 Å². The normalized spacial score (nSPS) is 13.6. The van der Waals surface area contributed by atoms with Crippen molar-refractivity contribution in [3.8, 4) is 6.07 Å². The molecule has 0 radical (unpaired) electrons. The Morgan fingerprint density at radius 3 is 2.21 bits per heavy atom. The lowest BCUT2D eigenvalue weighted by molar-refractivity contribution is 0.129. The number of hydrogen-bond acceptors (Lipinski definition) is 2. The van der Waals surface area contributed by atoms with Gasteiger partial charge in [0, 0.05) is 11.1 Å². The van der Waals surface area contributed by atoms with Crippen LogP contribution in [0, 0.1) is 11.3 Å². The molecular formula is C9H9F3N2. The monoisotopic (exact) mass is 202 g/mol. The van der Waals surface area contributed by atoms with Crippen molar-refractivity contribution in [1.82, 2.24) is 0 Å². The third-order valence-corrected chi connectivity index (χ3v) is 1.42. The summed E-state index contributed by atoms with van der Waals surface area (Å²) in [6.45, 7) is 6.04. The van der Waals surface area contributed by atoms with E-state index in [1.165, 1.54) is 0 Å². The fourth-order valence-corrected chi connectivity index (χ4v) is 0.711. The summed E-state index contributed by atoms with van der Waals surface area (Å²) in [5.74, 6) is -1.09. The van der Waals surface area contributed by atoms with Crippen LogP contribution in [0.1, 0.15) is 0 Å². The molecule has 14 heavy (non-hydrogen) atoms. The van der Waals surface area contributed by atoms with E-state index in [0.29, 0.717) is 0 Å². The average molecular weight is 202 g/mol. The van der Waals surface area contributed by atoms with Gasteiger partial charge >= 0.3 is 0 Å². The minimum absolute atomic E-state index is 0.157. The van der Waals surface area contributed by atoms with E-state index < -0.39 is 23.9 Å². The third kappa shape index (κ3) is 3.46. The fraction of sp³-hybridized carbons (Fsp3) is 0.222. The van der Waals surface area contributed by atoms with Gasteiger partial charge in [0.1, 0.15) is 5.83 Å². The number of nitrogens with zero attached hydrogens (tertiary/aromatic N) is 1. The molecule has 0 saturated heterocycles. The molecular weight excluding hydrogens is 193 g/mol. The maximum atomic E-state index is 12.6. The van der Waals surface area contributed by atoms with Gasteiger partial charge in [0.25, 0.3) is 6.43 Å². The smallest absolute Gasteiger partial charge is 0.257 e. The minimum atomic E-state index is -2.92. The van der Waals surface area contributed by atoms with Gasteiger partial charge in [-0.05, 0) is 6.08 Å². The minimum Gasteiger partial charge on any atom is -0.319 e. The van der Waals surface area contributed by atoms with E-state index in [1.807, 2.05) is 0 Å². The highest BCUT2D eigenvalue weighted by atomic mass is 19.3. The van der Waals surface area contributed by atoms with Gasteiger partial charge in [0.05, 0.1) is 12.1 Å². The van der Waals surface area contributed by atoms with Crippen LogP contribution in [0.5, 0.6) is 0 Å². The summed E-state index contributed by atoms with van der Waals surface area (Å²) in [5.41, 5.74) is 4.33. The Kier molecular flexibility index (Phi) is 4.67. The molecule has 0 saturated carbocycles. The molecule has 2 N–H and O–H groups in total. The molecule has 1 unspecified atom stereocenters. The Labute approximate surface area is 79.8 Å². The average Bonchev–Trinajstić information content (AvgIpc) is 2.11. The number of halogens is 3. The molecule has 0 aliphatic heterocycles. The highest BCUT2D eigenvalue weighted by Crippen LogP contribution is 2.18. The first kappa shape index (κ1) is 12.5. The van der Waals surface area contributed by atoms with Crippen molar-refractivity contribution in [2.24, 2.45) is 5.73 Å². The first-order valence-corrected chi connectivity index (χ1v) is 3.59. The number of nitrogens with two attached hydrogens (primary N) is 1. The number of allylic oxidation sites excluding steroid dienone is 2. The first-order chi connectivity index (χ1) is 6.40. The molecule has 0 aromatic carbocycles. The van der Waals surface area contributed by atoms with Gasteiger partial charge in [-0.15, -0.1) is 0 Å². The lowest BCUT2D eigenvalue weighted by Gasteiger charge is -2.12. The zero-order chi connectivity index (χ0) is 11.3. The zero-order valence-corrected chi connectivity index (χ0v) is 7.30. The molecule has 2 nitrogen and oxygen atoms in total. The number of alkyl halides is 2. The Balaban J connectivity index is 4.98. The number of nitriles is 1. The topological polar surface area (TPSA) is 49.8 Å². The molecule has 0 bridgehead atoms. The predicted molar refractivity (Wildman–Crippen MR) is 47.1 cm³/mol. The van der Waals surface area contributed by atoms with Crippen LogP contribution in [0.15, 0.2) is 36.2 Å². The summed E-state index contributed by atoms with van der Waals surface area (Å²) in [6.07, 6.45) is -2.06. The molecule has 0 amide bonds. The van der Waals surface area contributed by atoms with Crippen molar-refractivity contribution >= 4 is 0 Å². The van der Waals surface area contributed by atoms with E-state index in [4.69, 9.17) is 11.0 Å². The summed E-state index contributed by atoms with van der Waals surface area (Å²) in [6, 6.07) is -0.229. The fourth-order valence-electron chi connectivity index (χ4n) is 0.711. The van der Waals surface area contributed by atoms with Gasteiger partial charge < -0.3 is 5.73 Å². The van der Waals surface area contributed by atoms with Gasteiger partial charge in [0.2, 0.25) is 0 Å². The Bertz CT molecular complexity index is 313. The highest BCUT2D eigenvalue weighted by molar-refractivity contribution is 5.40. The molecule has 0 rings (SSSR count). The van der Waals surface area contributed by atoms with E-state index in [0.717, 1.165) is 6.08 Å². The summed E-state index contributed by atoms with van der Waals surface area (Å²) < 4.78 is 36.9. The van der Waals surface area contributed by atoms with Crippen molar-refractivity contribution in [3.05, 3.63) is 36.2 Å². The van der Waals surface area contributed by atoms with Gasteiger partial charge in [-0.3, -0.25) is 0 Å². The lowest BCUT2D eigenvalue weighted by Crippen LogP contribution is -2.31. The summed E-state index contributed by atoms with van der Waals surface area (Å²) >= 11 is 0. The number of hydrogen-bond donors (Lipinski definition) is 1. The predicted octanol–water partition coefficient (Wildman–Crippen LogP) is 2.07. The molecule has 0 aromatic heterocycles. The van der Waals surface area contributed by atoms with E-state index in [-0.39, 0.29) is 5.57 Å². The molecule has 0 aromatic rings. The SMILES string of the molecule is C=C(C#N)/C=C(\C(=C)F)C(N)C(F)F. The maximum Gasteiger partial charge on any atom is 0.257 e. The molecule has 0 aliphatic carbocycles. The van der Waals surface area contributed by atoms with Gasteiger partial charge in [-0.2, -0.15) is 5.26 Å². The second kappa shape index (κ2) is 5.25. The molecule has 76 valence electrons. The summed E-state index contributed by atoms with van der Waals surface area (Å²) in [7, 11) is 0. The Morgan fingerprint density at radius 1 is 1.43 bits per heavy atom. The van der Waals surface area contributed by atoms with Crippen LogP contribution in [0.25, 0.3) is 0 Å². The molecule has 0 fully saturated rings. The molecule has 1 atom stereocenters. The van der Waals surface area contributed by atoms with Gasteiger partial charge in [0.15, 0.2) is 0 Å². The van der Waals surface area contributed by atoms with Gasteiger partial charge in [-0.1, -0.05) is 13.2 Å². The quantitative estimate of drug-likeness (QED) is 0.560. The van der Waals surface area contributed by atoms with E-state index in [2.05, 4.69) is 13.2 Å². The highest BCUT2D eigenvalue weighted by Gasteiger charge is 2.22. The van der Waals surface area contributed by atoms with Gasteiger partial charge in [-0.25, -0.2) is 13.2 Å². The second-order valence-corrected chi connectivity index (χ2v) is 2.50.